The van der Waals surface area contributed by atoms with E-state index >= 15 is 0 Å². The third-order valence-corrected chi connectivity index (χ3v) is 4.43. The van der Waals surface area contributed by atoms with Crippen LogP contribution in [-0.4, -0.2) is 40.6 Å². The predicted molar refractivity (Wildman–Crippen MR) is 88.5 cm³/mol. The van der Waals surface area contributed by atoms with Crippen molar-refractivity contribution in [2.24, 2.45) is 0 Å². The van der Waals surface area contributed by atoms with Gasteiger partial charge in [0, 0.05) is 18.1 Å². The van der Waals surface area contributed by atoms with Crippen LogP contribution in [0.2, 0.25) is 0 Å². The Morgan fingerprint density at radius 2 is 2.00 bits per heavy atom. The van der Waals surface area contributed by atoms with Crippen molar-refractivity contribution in [1.82, 2.24) is 10.2 Å². The molecule has 1 unspecified atom stereocenters. The van der Waals surface area contributed by atoms with Crippen LogP contribution in [0.5, 0.6) is 0 Å². The van der Waals surface area contributed by atoms with E-state index in [0.717, 1.165) is 19.3 Å². The van der Waals surface area contributed by atoms with E-state index in [1.807, 2.05) is 25.7 Å². The summed E-state index contributed by atoms with van der Waals surface area (Å²) in [6.07, 6.45) is 2.25. The molecule has 0 saturated heterocycles. The first-order chi connectivity index (χ1) is 10.8. The van der Waals surface area contributed by atoms with Gasteiger partial charge in [-0.3, -0.25) is 9.69 Å². The zero-order chi connectivity index (χ0) is 17.0. The number of benzene rings is 1. The minimum absolute atomic E-state index is 0.0185. The van der Waals surface area contributed by atoms with E-state index in [0.29, 0.717) is 18.2 Å². The average Bonchev–Trinajstić information content (AvgIpc) is 3.31. The molecule has 2 rings (SSSR count). The van der Waals surface area contributed by atoms with Crippen LogP contribution < -0.4 is 5.32 Å². The molecule has 128 valence electrons. The zero-order valence-corrected chi connectivity index (χ0v) is 14.2. The van der Waals surface area contributed by atoms with Gasteiger partial charge in [0.05, 0.1) is 12.6 Å². The molecule has 1 atom stereocenters. The van der Waals surface area contributed by atoms with Crippen LogP contribution in [0, 0.1) is 5.82 Å². The van der Waals surface area contributed by atoms with E-state index in [2.05, 4.69) is 5.32 Å². The van der Waals surface area contributed by atoms with Crippen molar-refractivity contribution in [1.29, 1.82) is 0 Å². The fourth-order valence-electron chi connectivity index (χ4n) is 2.48. The molecule has 2 N–H and O–H groups in total. The van der Waals surface area contributed by atoms with Crippen LogP contribution in [0.1, 0.15) is 51.7 Å². The Morgan fingerprint density at radius 1 is 1.39 bits per heavy atom. The van der Waals surface area contributed by atoms with Crippen LogP contribution in [-0.2, 0) is 4.79 Å². The first-order valence-corrected chi connectivity index (χ1v) is 8.29. The first-order valence-electron chi connectivity index (χ1n) is 8.29. The lowest BCUT2D eigenvalue weighted by atomic mass is 10.0. The third-order valence-electron chi connectivity index (χ3n) is 4.43. The van der Waals surface area contributed by atoms with Crippen LogP contribution in [0.25, 0.3) is 0 Å². The highest BCUT2D eigenvalue weighted by Crippen LogP contribution is 2.28. The largest absolute Gasteiger partial charge is 0.387 e. The smallest absolute Gasteiger partial charge is 0.234 e. The number of amides is 1. The van der Waals surface area contributed by atoms with Crippen molar-refractivity contribution in [2.75, 3.05) is 13.1 Å². The predicted octanol–water partition coefficient (Wildman–Crippen LogP) is 2.63. The summed E-state index contributed by atoms with van der Waals surface area (Å²) >= 11 is 0. The first kappa shape index (κ1) is 17.9. The summed E-state index contributed by atoms with van der Waals surface area (Å²) in [4.78, 5) is 14.3. The number of rotatable bonds is 8. The molecule has 1 amide bonds. The number of nitrogens with one attached hydrogen (secondary N) is 1. The SMILES string of the molecule is CCC(C)(C)NC(=O)CN(CC(O)c1ccc(F)cc1)C1CC1. The van der Waals surface area contributed by atoms with Crippen LogP contribution in [0.15, 0.2) is 24.3 Å². The summed E-state index contributed by atoms with van der Waals surface area (Å²) in [6.45, 7) is 6.71. The molecule has 0 radical (unpaired) electrons. The number of nitrogens with zero attached hydrogens (tertiary/aromatic N) is 1. The Labute approximate surface area is 137 Å². The Balaban J connectivity index is 1.93. The van der Waals surface area contributed by atoms with Crippen LogP contribution >= 0.6 is 0 Å². The van der Waals surface area contributed by atoms with Crippen LogP contribution in [0.3, 0.4) is 0 Å². The topological polar surface area (TPSA) is 52.6 Å². The lowest BCUT2D eigenvalue weighted by Gasteiger charge is -2.28. The fraction of sp³-hybridized carbons (Fsp3) is 0.611. The monoisotopic (exact) mass is 322 g/mol. The summed E-state index contributed by atoms with van der Waals surface area (Å²) in [7, 11) is 0. The second-order valence-corrected chi connectivity index (χ2v) is 7.01. The average molecular weight is 322 g/mol. The lowest BCUT2D eigenvalue weighted by molar-refractivity contribution is -0.124. The summed E-state index contributed by atoms with van der Waals surface area (Å²) < 4.78 is 13.0. The minimum atomic E-state index is -0.719. The molecule has 0 spiro atoms. The Bertz CT molecular complexity index is 526. The van der Waals surface area contributed by atoms with Gasteiger partial charge in [-0.2, -0.15) is 0 Å². The summed E-state index contributed by atoms with van der Waals surface area (Å²) in [5, 5.41) is 13.4. The van der Waals surface area contributed by atoms with Gasteiger partial charge < -0.3 is 10.4 Å². The molecule has 5 heteroatoms. The van der Waals surface area contributed by atoms with Crippen molar-refractivity contribution in [2.45, 2.75) is 57.7 Å². The highest BCUT2D eigenvalue weighted by atomic mass is 19.1. The molecular formula is C18H27FN2O2. The molecule has 1 aromatic rings. The molecule has 1 aliphatic rings. The summed E-state index contributed by atoms with van der Waals surface area (Å²) in [6, 6.07) is 6.23. The number of halogens is 1. The van der Waals surface area contributed by atoms with Gasteiger partial charge in [0.2, 0.25) is 5.91 Å². The molecular weight excluding hydrogens is 295 g/mol. The molecule has 23 heavy (non-hydrogen) atoms. The normalized spacial score (nSPS) is 16.4. The Hall–Kier alpha value is -1.46. The van der Waals surface area contributed by atoms with Crippen molar-refractivity contribution >= 4 is 5.91 Å². The molecule has 0 bridgehead atoms. The molecule has 1 aromatic carbocycles. The fourth-order valence-corrected chi connectivity index (χ4v) is 2.48. The van der Waals surface area contributed by atoms with E-state index in [1.165, 1.54) is 12.1 Å². The zero-order valence-electron chi connectivity index (χ0n) is 14.2. The van der Waals surface area contributed by atoms with Gasteiger partial charge in [-0.05, 0) is 50.8 Å². The lowest BCUT2D eigenvalue weighted by Crippen LogP contribution is -2.48. The molecule has 0 aliphatic heterocycles. The van der Waals surface area contributed by atoms with E-state index < -0.39 is 6.10 Å². The molecule has 0 aromatic heterocycles. The van der Waals surface area contributed by atoms with Gasteiger partial charge >= 0.3 is 0 Å². The maximum absolute atomic E-state index is 13.0. The van der Waals surface area contributed by atoms with Crippen molar-refractivity contribution in [3.05, 3.63) is 35.6 Å². The van der Waals surface area contributed by atoms with Crippen molar-refractivity contribution in [3.8, 4) is 0 Å². The molecule has 0 heterocycles. The number of hydrogen-bond acceptors (Lipinski definition) is 3. The molecule has 1 aliphatic carbocycles. The second kappa shape index (κ2) is 7.41. The third kappa shape index (κ3) is 5.59. The minimum Gasteiger partial charge on any atom is -0.387 e. The van der Waals surface area contributed by atoms with Crippen molar-refractivity contribution < 1.29 is 14.3 Å². The highest BCUT2D eigenvalue weighted by molar-refractivity contribution is 5.78. The summed E-state index contributed by atoms with van der Waals surface area (Å²) in [5.41, 5.74) is 0.452. The summed E-state index contributed by atoms with van der Waals surface area (Å²) in [5.74, 6) is -0.337. The standard InChI is InChI=1S/C18H27FN2O2/c1-4-18(2,3)20-17(23)12-21(15-9-10-15)11-16(22)13-5-7-14(19)8-6-13/h5-8,15-16,22H,4,9-12H2,1-3H3,(H,20,23). The Kier molecular flexibility index (Phi) is 5.76. The van der Waals surface area contributed by atoms with E-state index in [1.54, 1.807) is 12.1 Å². The van der Waals surface area contributed by atoms with E-state index in [9.17, 15) is 14.3 Å². The van der Waals surface area contributed by atoms with E-state index in [4.69, 9.17) is 0 Å². The second-order valence-electron chi connectivity index (χ2n) is 7.01. The van der Waals surface area contributed by atoms with Gasteiger partial charge in [0.25, 0.3) is 0 Å². The number of aliphatic hydroxyl groups is 1. The number of carbonyl (C=O) groups excluding carboxylic acids is 1. The molecule has 4 nitrogen and oxygen atoms in total. The van der Waals surface area contributed by atoms with Gasteiger partial charge in [-0.1, -0.05) is 19.1 Å². The maximum atomic E-state index is 13.0. The van der Waals surface area contributed by atoms with Crippen molar-refractivity contribution in [3.63, 3.8) is 0 Å². The number of carbonyl (C=O) groups is 1. The quantitative estimate of drug-likeness (QED) is 0.773. The Morgan fingerprint density at radius 3 is 2.52 bits per heavy atom. The number of hydrogen-bond donors (Lipinski definition) is 2. The highest BCUT2D eigenvalue weighted by Gasteiger charge is 2.32. The molecule has 1 saturated carbocycles. The molecule has 1 fully saturated rings. The number of aliphatic hydroxyl groups excluding tert-OH is 1. The van der Waals surface area contributed by atoms with E-state index in [-0.39, 0.29) is 23.8 Å². The van der Waals surface area contributed by atoms with Gasteiger partial charge in [0.15, 0.2) is 0 Å². The van der Waals surface area contributed by atoms with Gasteiger partial charge in [0.1, 0.15) is 5.82 Å². The van der Waals surface area contributed by atoms with Gasteiger partial charge in [-0.15, -0.1) is 0 Å². The van der Waals surface area contributed by atoms with Gasteiger partial charge in [-0.25, -0.2) is 4.39 Å². The maximum Gasteiger partial charge on any atom is 0.234 e. The van der Waals surface area contributed by atoms with Crippen LogP contribution in [0.4, 0.5) is 4.39 Å².